The zero-order chi connectivity index (χ0) is 13.6. The summed E-state index contributed by atoms with van der Waals surface area (Å²) in [4.78, 5) is 25.7. The lowest BCUT2D eigenvalue weighted by atomic mass is 9.85. The van der Waals surface area contributed by atoms with Crippen molar-refractivity contribution in [2.24, 2.45) is 11.8 Å². The fourth-order valence-corrected chi connectivity index (χ4v) is 2.93. The second-order valence-electron chi connectivity index (χ2n) is 4.77. The van der Waals surface area contributed by atoms with Gasteiger partial charge in [0.25, 0.3) is 0 Å². The van der Waals surface area contributed by atoms with Gasteiger partial charge in [-0.1, -0.05) is 12.2 Å². The number of hydrogen-bond donors (Lipinski definition) is 0. The fourth-order valence-electron chi connectivity index (χ4n) is 2.68. The number of carbonyl (C=O) groups excluding carboxylic acids is 2. The molecule has 3 nitrogen and oxygen atoms in total. The van der Waals surface area contributed by atoms with Crippen LogP contribution < -0.4 is 4.90 Å². The number of hydrogen-bond acceptors (Lipinski definition) is 2. The first-order chi connectivity index (χ1) is 9.09. The van der Waals surface area contributed by atoms with Crippen molar-refractivity contribution in [1.82, 2.24) is 0 Å². The number of allylic oxidation sites excluding steroid dienone is 2. The first-order valence-corrected chi connectivity index (χ1v) is 6.87. The van der Waals surface area contributed by atoms with E-state index in [4.69, 9.17) is 0 Å². The molecule has 2 aliphatic rings. The molecule has 1 heterocycles. The minimum atomic E-state index is -0.480. The maximum atomic E-state index is 13.5. The van der Waals surface area contributed by atoms with Gasteiger partial charge in [-0.3, -0.25) is 9.59 Å². The highest BCUT2D eigenvalue weighted by Crippen LogP contribution is 2.38. The quantitative estimate of drug-likeness (QED) is 0.588. The van der Waals surface area contributed by atoms with Crippen LogP contribution in [0, 0.1) is 17.7 Å². The van der Waals surface area contributed by atoms with E-state index in [0.29, 0.717) is 23.0 Å². The Hall–Kier alpha value is -1.49. The van der Waals surface area contributed by atoms with Crippen LogP contribution in [-0.4, -0.2) is 11.8 Å². The van der Waals surface area contributed by atoms with Gasteiger partial charge in [0, 0.05) is 0 Å². The minimum absolute atomic E-state index is 0.221. The molecular weight excluding hydrogens is 313 g/mol. The number of imide groups is 1. The zero-order valence-electron chi connectivity index (χ0n) is 9.98. The van der Waals surface area contributed by atoms with E-state index in [1.54, 1.807) is 6.07 Å². The number of anilines is 1. The van der Waals surface area contributed by atoms with Gasteiger partial charge < -0.3 is 0 Å². The van der Waals surface area contributed by atoms with Crippen molar-refractivity contribution < 1.29 is 14.0 Å². The van der Waals surface area contributed by atoms with E-state index in [0.717, 1.165) is 4.90 Å². The summed E-state index contributed by atoms with van der Waals surface area (Å²) in [6.45, 7) is 0. The molecular formula is C14H11BrFNO2. The van der Waals surface area contributed by atoms with Crippen LogP contribution in [0.15, 0.2) is 34.8 Å². The van der Waals surface area contributed by atoms with Crippen LogP contribution in [0.1, 0.15) is 12.8 Å². The second kappa shape index (κ2) is 4.56. The molecule has 98 valence electrons. The molecule has 2 atom stereocenters. The predicted molar refractivity (Wildman–Crippen MR) is 71.9 cm³/mol. The van der Waals surface area contributed by atoms with Crippen molar-refractivity contribution in [1.29, 1.82) is 0 Å². The summed E-state index contributed by atoms with van der Waals surface area (Å²) in [7, 11) is 0. The summed E-state index contributed by atoms with van der Waals surface area (Å²) in [5.41, 5.74) is 0.310. The Morgan fingerprint density at radius 2 is 1.68 bits per heavy atom. The number of benzene rings is 1. The average molecular weight is 324 g/mol. The third-order valence-corrected chi connectivity index (χ3v) is 4.31. The maximum Gasteiger partial charge on any atom is 0.238 e. The molecule has 1 aliphatic carbocycles. The van der Waals surface area contributed by atoms with Gasteiger partial charge >= 0.3 is 0 Å². The number of halogens is 2. The molecule has 1 fully saturated rings. The third-order valence-electron chi connectivity index (χ3n) is 3.67. The monoisotopic (exact) mass is 323 g/mol. The topological polar surface area (TPSA) is 37.4 Å². The van der Waals surface area contributed by atoms with Gasteiger partial charge in [-0.25, -0.2) is 9.29 Å². The molecule has 1 saturated heterocycles. The Balaban J connectivity index is 1.99. The normalized spacial score (nSPS) is 25.9. The number of fused-ring (bicyclic) bond motifs is 1. The molecule has 0 N–H and O–H groups in total. The van der Waals surface area contributed by atoms with Crippen molar-refractivity contribution in [3.05, 3.63) is 40.6 Å². The van der Waals surface area contributed by atoms with Gasteiger partial charge in [-0.15, -0.1) is 0 Å². The maximum absolute atomic E-state index is 13.5. The second-order valence-corrected chi connectivity index (χ2v) is 5.62. The molecule has 5 heteroatoms. The Morgan fingerprint density at radius 1 is 1.11 bits per heavy atom. The summed E-state index contributed by atoms with van der Waals surface area (Å²) in [6.07, 6.45) is 5.03. The van der Waals surface area contributed by atoms with Crippen LogP contribution in [0.2, 0.25) is 0 Å². The van der Waals surface area contributed by atoms with Gasteiger partial charge in [-0.2, -0.15) is 0 Å². The number of amides is 2. The fraction of sp³-hybridized carbons (Fsp3) is 0.286. The van der Waals surface area contributed by atoms with Gasteiger partial charge in [0.15, 0.2) is 0 Å². The SMILES string of the molecule is O=C1C2CC=CCC2C(=O)N1c1ccc(Br)c(F)c1. The first-order valence-electron chi connectivity index (χ1n) is 6.07. The van der Waals surface area contributed by atoms with Crippen LogP contribution in [0.3, 0.4) is 0 Å². The van der Waals surface area contributed by atoms with E-state index >= 15 is 0 Å². The Bertz CT molecular complexity index is 573. The smallest absolute Gasteiger partial charge is 0.238 e. The molecule has 0 spiro atoms. The van der Waals surface area contributed by atoms with Crippen LogP contribution >= 0.6 is 15.9 Å². The van der Waals surface area contributed by atoms with E-state index in [2.05, 4.69) is 15.9 Å². The third kappa shape index (κ3) is 1.92. The largest absolute Gasteiger partial charge is 0.274 e. The molecule has 2 unspecified atom stereocenters. The summed E-state index contributed by atoms with van der Waals surface area (Å²) < 4.78 is 13.9. The molecule has 0 aromatic heterocycles. The summed E-state index contributed by atoms with van der Waals surface area (Å²) in [5, 5.41) is 0. The molecule has 0 bridgehead atoms. The van der Waals surface area contributed by atoms with Crippen LogP contribution in [-0.2, 0) is 9.59 Å². The number of nitrogens with zero attached hydrogens (tertiary/aromatic N) is 1. The molecule has 1 aromatic carbocycles. The lowest BCUT2D eigenvalue weighted by Crippen LogP contribution is -2.30. The average Bonchev–Trinajstić information content (AvgIpc) is 2.66. The van der Waals surface area contributed by atoms with E-state index in [-0.39, 0.29) is 23.7 Å². The summed E-state index contributed by atoms with van der Waals surface area (Å²) in [6, 6.07) is 4.30. The molecule has 0 radical (unpaired) electrons. The molecule has 2 amide bonds. The van der Waals surface area contributed by atoms with Gasteiger partial charge in [0.2, 0.25) is 11.8 Å². The molecule has 3 rings (SSSR count). The van der Waals surface area contributed by atoms with E-state index in [9.17, 15) is 14.0 Å². The number of rotatable bonds is 1. The van der Waals surface area contributed by atoms with Crippen LogP contribution in [0.4, 0.5) is 10.1 Å². The van der Waals surface area contributed by atoms with E-state index in [1.165, 1.54) is 12.1 Å². The van der Waals surface area contributed by atoms with Crippen LogP contribution in [0.5, 0.6) is 0 Å². The van der Waals surface area contributed by atoms with Crippen molar-refractivity contribution >= 4 is 33.4 Å². The van der Waals surface area contributed by atoms with Crippen molar-refractivity contribution in [2.45, 2.75) is 12.8 Å². The first kappa shape index (κ1) is 12.5. The standard InChI is InChI=1S/C14H11BrFNO2/c15-11-6-5-8(7-12(11)16)17-13(18)9-3-1-2-4-10(9)14(17)19/h1-2,5-7,9-10H,3-4H2. The minimum Gasteiger partial charge on any atom is -0.274 e. The van der Waals surface area contributed by atoms with Gasteiger partial charge in [-0.05, 0) is 47.0 Å². The lowest BCUT2D eigenvalue weighted by Gasteiger charge is -2.15. The van der Waals surface area contributed by atoms with Crippen molar-refractivity contribution in [3.8, 4) is 0 Å². The molecule has 0 saturated carbocycles. The molecule has 19 heavy (non-hydrogen) atoms. The lowest BCUT2D eigenvalue weighted by molar-refractivity contribution is -0.122. The Labute approximate surface area is 118 Å². The summed E-state index contributed by atoms with van der Waals surface area (Å²) >= 11 is 3.06. The van der Waals surface area contributed by atoms with Crippen LogP contribution in [0.25, 0.3) is 0 Å². The predicted octanol–water partition coefficient (Wildman–Crippen LogP) is 3.04. The van der Waals surface area contributed by atoms with Gasteiger partial charge in [0.1, 0.15) is 5.82 Å². The highest BCUT2D eigenvalue weighted by Gasteiger charge is 2.47. The van der Waals surface area contributed by atoms with E-state index < -0.39 is 5.82 Å². The van der Waals surface area contributed by atoms with Crippen molar-refractivity contribution in [3.63, 3.8) is 0 Å². The van der Waals surface area contributed by atoms with E-state index in [1.807, 2.05) is 12.2 Å². The highest BCUT2D eigenvalue weighted by atomic mass is 79.9. The molecule has 1 aromatic rings. The Kier molecular flexibility index (Phi) is 3.01. The van der Waals surface area contributed by atoms with Gasteiger partial charge in [0.05, 0.1) is 22.0 Å². The zero-order valence-corrected chi connectivity index (χ0v) is 11.6. The van der Waals surface area contributed by atoms with Crippen molar-refractivity contribution in [2.75, 3.05) is 4.90 Å². The Morgan fingerprint density at radius 3 is 2.21 bits per heavy atom. The number of carbonyl (C=O) groups is 2. The highest BCUT2D eigenvalue weighted by molar-refractivity contribution is 9.10. The summed E-state index contributed by atoms with van der Waals surface area (Å²) in [5.74, 6) is -1.50. The molecule has 1 aliphatic heterocycles.